The summed E-state index contributed by atoms with van der Waals surface area (Å²) in [5.41, 5.74) is 3.25. The van der Waals surface area contributed by atoms with Crippen LogP contribution in [0.3, 0.4) is 0 Å². The molecule has 20 heavy (non-hydrogen) atoms. The van der Waals surface area contributed by atoms with E-state index in [0.717, 1.165) is 5.56 Å². The summed E-state index contributed by atoms with van der Waals surface area (Å²) in [5, 5.41) is 19.2. The van der Waals surface area contributed by atoms with Crippen LogP contribution >= 0.6 is 11.6 Å². The first kappa shape index (κ1) is 14.4. The monoisotopic (exact) mass is 294 g/mol. The van der Waals surface area contributed by atoms with Crippen LogP contribution in [-0.4, -0.2) is 20.8 Å². The van der Waals surface area contributed by atoms with Crippen molar-refractivity contribution in [2.45, 2.75) is 19.4 Å². The van der Waals surface area contributed by atoms with Crippen LogP contribution < -0.4 is 5.48 Å². The van der Waals surface area contributed by atoms with Gasteiger partial charge in [0.1, 0.15) is 0 Å². The topological polar surface area (TPSA) is 74.5 Å². The zero-order valence-corrected chi connectivity index (χ0v) is 11.5. The molecule has 0 bridgehead atoms. The summed E-state index contributed by atoms with van der Waals surface area (Å²) in [4.78, 5) is 11.0. The van der Waals surface area contributed by atoms with Gasteiger partial charge < -0.3 is 9.67 Å². The first-order chi connectivity index (χ1) is 9.60. The highest BCUT2D eigenvalue weighted by atomic mass is 35.5. The third kappa shape index (κ3) is 3.53. The maximum absolute atomic E-state index is 11.0. The number of aromatic hydroxyl groups is 1. The molecular formula is C14H15ClN2O3. The predicted molar refractivity (Wildman–Crippen MR) is 74.9 cm³/mol. The van der Waals surface area contributed by atoms with Crippen LogP contribution in [0.2, 0.25) is 5.02 Å². The van der Waals surface area contributed by atoms with Crippen molar-refractivity contribution >= 4 is 17.5 Å². The van der Waals surface area contributed by atoms with Gasteiger partial charge in [0.05, 0.1) is 6.54 Å². The van der Waals surface area contributed by atoms with Gasteiger partial charge in [0, 0.05) is 23.2 Å². The molecule has 2 aromatic rings. The highest BCUT2D eigenvalue weighted by molar-refractivity contribution is 6.30. The van der Waals surface area contributed by atoms with Gasteiger partial charge in [0.15, 0.2) is 5.88 Å². The normalized spacial score (nSPS) is 10.5. The van der Waals surface area contributed by atoms with Crippen LogP contribution in [0.5, 0.6) is 5.88 Å². The highest BCUT2D eigenvalue weighted by Gasteiger charge is 2.10. The Hall–Kier alpha value is -1.98. The van der Waals surface area contributed by atoms with Crippen LogP contribution in [0.25, 0.3) is 0 Å². The second-order valence-electron chi connectivity index (χ2n) is 4.45. The molecule has 0 aliphatic carbocycles. The van der Waals surface area contributed by atoms with Crippen LogP contribution in [0.15, 0.2) is 36.5 Å². The maximum Gasteiger partial charge on any atom is 0.243 e. The lowest BCUT2D eigenvalue weighted by atomic mass is 10.2. The standard InChI is InChI=1S/C14H15ClN2O3/c15-12-4-1-10(2-5-12)9-17-8-7-11(14(17)19)3-6-13(18)16-20/h1-2,4-5,7-8,19-20H,3,6,9H2,(H,16,18). The van der Waals surface area contributed by atoms with Crippen LogP contribution in [-0.2, 0) is 17.8 Å². The minimum atomic E-state index is -0.477. The van der Waals surface area contributed by atoms with Gasteiger partial charge in [-0.15, -0.1) is 0 Å². The zero-order valence-electron chi connectivity index (χ0n) is 10.7. The molecule has 0 spiro atoms. The molecule has 1 heterocycles. The minimum absolute atomic E-state index is 0.120. The number of rotatable bonds is 5. The van der Waals surface area contributed by atoms with Gasteiger partial charge in [-0.25, -0.2) is 5.48 Å². The van der Waals surface area contributed by atoms with E-state index in [4.69, 9.17) is 16.8 Å². The Labute approximate surface area is 121 Å². The highest BCUT2D eigenvalue weighted by Crippen LogP contribution is 2.22. The number of hydrogen-bond acceptors (Lipinski definition) is 3. The predicted octanol–water partition coefficient (Wildman–Crippen LogP) is 2.33. The van der Waals surface area contributed by atoms with E-state index in [0.29, 0.717) is 23.6 Å². The second-order valence-corrected chi connectivity index (χ2v) is 4.89. The van der Waals surface area contributed by atoms with Gasteiger partial charge in [-0.1, -0.05) is 23.7 Å². The Balaban J connectivity index is 2.04. The summed E-state index contributed by atoms with van der Waals surface area (Å²) in [6.07, 6.45) is 2.25. The summed E-state index contributed by atoms with van der Waals surface area (Å²) in [5.74, 6) is -0.347. The van der Waals surface area contributed by atoms with Gasteiger partial charge >= 0.3 is 0 Å². The third-order valence-electron chi connectivity index (χ3n) is 3.03. The molecule has 0 aliphatic rings. The molecule has 0 fully saturated rings. The average molecular weight is 295 g/mol. The van der Waals surface area contributed by atoms with E-state index in [2.05, 4.69) is 0 Å². The number of carbonyl (C=O) groups is 1. The number of hydroxylamine groups is 1. The molecule has 3 N–H and O–H groups in total. The average Bonchev–Trinajstić information content (AvgIpc) is 2.80. The van der Waals surface area contributed by atoms with Gasteiger partial charge in [-0.2, -0.15) is 0 Å². The van der Waals surface area contributed by atoms with Crippen molar-refractivity contribution < 1.29 is 15.1 Å². The van der Waals surface area contributed by atoms with Gasteiger partial charge in [0.25, 0.3) is 0 Å². The number of benzene rings is 1. The van der Waals surface area contributed by atoms with E-state index in [1.165, 1.54) is 0 Å². The number of halogens is 1. The Morgan fingerprint density at radius 1 is 1.25 bits per heavy atom. The van der Waals surface area contributed by atoms with E-state index < -0.39 is 5.91 Å². The van der Waals surface area contributed by atoms with Gasteiger partial charge in [-0.3, -0.25) is 10.0 Å². The molecule has 106 valence electrons. The van der Waals surface area contributed by atoms with E-state index >= 15 is 0 Å². The number of aryl methyl sites for hydroxylation is 1. The fourth-order valence-electron chi connectivity index (χ4n) is 1.92. The zero-order chi connectivity index (χ0) is 14.5. The Kier molecular flexibility index (Phi) is 4.65. The molecule has 0 unspecified atom stereocenters. The van der Waals surface area contributed by atoms with Crippen molar-refractivity contribution in [3.05, 3.63) is 52.7 Å². The SMILES string of the molecule is O=C(CCc1ccn(Cc2ccc(Cl)cc2)c1O)NO. The largest absolute Gasteiger partial charge is 0.494 e. The fraction of sp³-hybridized carbons (Fsp3) is 0.214. The number of aromatic nitrogens is 1. The van der Waals surface area contributed by atoms with E-state index in [-0.39, 0.29) is 12.3 Å². The molecule has 0 saturated carbocycles. The summed E-state index contributed by atoms with van der Waals surface area (Å²) in [6, 6.07) is 9.13. The Bertz CT molecular complexity index is 593. The second kappa shape index (κ2) is 6.45. The van der Waals surface area contributed by atoms with Crippen molar-refractivity contribution in [3.8, 4) is 5.88 Å². The molecule has 6 heteroatoms. The lowest BCUT2D eigenvalue weighted by Crippen LogP contribution is -2.18. The summed E-state index contributed by atoms with van der Waals surface area (Å²) >= 11 is 5.82. The molecule has 1 amide bonds. The molecule has 0 aliphatic heterocycles. The number of amides is 1. The quantitative estimate of drug-likeness (QED) is 0.585. The molecule has 0 saturated heterocycles. The van der Waals surface area contributed by atoms with E-state index in [1.54, 1.807) is 34.4 Å². The van der Waals surface area contributed by atoms with E-state index in [1.807, 2.05) is 12.1 Å². The number of carbonyl (C=O) groups excluding carboxylic acids is 1. The lowest BCUT2D eigenvalue weighted by molar-refractivity contribution is -0.129. The first-order valence-corrected chi connectivity index (χ1v) is 6.52. The summed E-state index contributed by atoms with van der Waals surface area (Å²) < 4.78 is 1.69. The van der Waals surface area contributed by atoms with Gasteiger partial charge in [-0.05, 0) is 30.2 Å². The molecule has 2 rings (SSSR count). The Morgan fingerprint density at radius 3 is 2.60 bits per heavy atom. The minimum Gasteiger partial charge on any atom is -0.494 e. The molecule has 1 aromatic heterocycles. The van der Waals surface area contributed by atoms with Crippen LogP contribution in [0, 0.1) is 0 Å². The fourth-order valence-corrected chi connectivity index (χ4v) is 2.05. The Morgan fingerprint density at radius 2 is 1.95 bits per heavy atom. The van der Waals surface area contributed by atoms with Crippen molar-refractivity contribution in [1.82, 2.24) is 10.0 Å². The maximum atomic E-state index is 11.0. The van der Waals surface area contributed by atoms with Crippen molar-refractivity contribution in [3.63, 3.8) is 0 Å². The molecule has 0 atom stereocenters. The number of hydrogen-bond donors (Lipinski definition) is 3. The molecule has 0 radical (unpaired) electrons. The molecular weight excluding hydrogens is 280 g/mol. The number of nitrogens with zero attached hydrogens (tertiary/aromatic N) is 1. The van der Waals surface area contributed by atoms with Crippen LogP contribution in [0.4, 0.5) is 0 Å². The molecule has 5 nitrogen and oxygen atoms in total. The smallest absolute Gasteiger partial charge is 0.243 e. The molecule has 1 aromatic carbocycles. The third-order valence-corrected chi connectivity index (χ3v) is 3.28. The van der Waals surface area contributed by atoms with Crippen LogP contribution in [0.1, 0.15) is 17.5 Å². The number of nitrogens with one attached hydrogen (secondary N) is 1. The summed E-state index contributed by atoms with van der Waals surface area (Å²) in [6.45, 7) is 0.523. The van der Waals surface area contributed by atoms with Crippen molar-refractivity contribution in [1.29, 1.82) is 0 Å². The van der Waals surface area contributed by atoms with Gasteiger partial charge in [0.2, 0.25) is 5.91 Å². The summed E-state index contributed by atoms with van der Waals surface area (Å²) in [7, 11) is 0. The van der Waals surface area contributed by atoms with Crippen molar-refractivity contribution in [2.24, 2.45) is 0 Å². The van der Waals surface area contributed by atoms with Crippen molar-refractivity contribution in [2.75, 3.05) is 0 Å². The first-order valence-electron chi connectivity index (χ1n) is 6.14. The van der Waals surface area contributed by atoms with E-state index in [9.17, 15) is 9.90 Å². The lowest BCUT2D eigenvalue weighted by Gasteiger charge is -2.06.